The number of rotatable bonds is 5. The van der Waals surface area contributed by atoms with Crippen LogP contribution in [0.4, 0.5) is 5.82 Å². The van der Waals surface area contributed by atoms with Gasteiger partial charge in [-0.05, 0) is 38.8 Å². The van der Waals surface area contributed by atoms with Gasteiger partial charge in [-0.25, -0.2) is 0 Å². The van der Waals surface area contributed by atoms with Crippen molar-refractivity contribution in [3.05, 3.63) is 12.4 Å². The fourth-order valence-electron chi connectivity index (χ4n) is 1.99. The van der Waals surface area contributed by atoms with Gasteiger partial charge in [0.1, 0.15) is 5.82 Å². The first kappa shape index (κ1) is 12.1. The molecule has 1 fully saturated rings. The first-order chi connectivity index (χ1) is 8.38. The number of anilines is 1. The molecule has 0 aromatic carbocycles. The van der Waals surface area contributed by atoms with Crippen molar-refractivity contribution < 1.29 is 4.74 Å². The lowest BCUT2D eigenvalue weighted by Crippen LogP contribution is -2.31. The lowest BCUT2D eigenvalue weighted by Gasteiger charge is -2.22. The Labute approximate surface area is 102 Å². The van der Waals surface area contributed by atoms with Crippen LogP contribution in [0.2, 0.25) is 0 Å². The lowest BCUT2D eigenvalue weighted by atomic mass is 9.98. The molecule has 0 unspecified atom stereocenters. The van der Waals surface area contributed by atoms with Crippen LogP contribution in [0.1, 0.15) is 19.8 Å². The summed E-state index contributed by atoms with van der Waals surface area (Å²) in [6.07, 6.45) is 5.83. The first-order valence-electron chi connectivity index (χ1n) is 6.28. The Morgan fingerprint density at radius 2 is 2.24 bits per heavy atom. The van der Waals surface area contributed by atoms with Crippen LogP contribution in [0.15, 0.2) is 12.4 Å². The van der Waals surface area contributed by atoms with E-state index in [9.17, 15) is 0 Å². The third-order valence-corrected chi connectivity index (χ3v) is 2.94. The Kier molecular flexibility index (Phi) is 4.55. The standard InChI is InChI=1S/C12H20N4O/c1-2-17-12-9-14-8-11(16-12)15-7-10-3-5-13-6-4-10/h8-10,13H,2-7H2,1H3,(H,15,16). The molecule has 0 saturated carbocycles. The molecular formula is C12H20N4O. The molecule has 0 spiro atoms. The molecule has 1 aromatic rings. The summed E-state index contributed by atoms with van der Waals surface area (Å²) < 4.78 is 5.31. The topological polar surface area (TPSA) is 59.1 Å². The highest BCUT2D eigenvalue weighted by atomic mass is 16.5. The van der Waals surface area contributed by atoms with E-state index in [0.717, 1.165) is 31.4 Å². The molecule has 1 aromatic heterocycles. The third kappa shape index (κ3) is 3.85. The van der Waals surface area contributed by atoms with E-state index in [2.05, 4.69) is 20.6 Å². The maximum Gasteiger partial charge on any atom is 0.234 e. The van der Waals surface area contributed by atoms with Crippen LogP contribution in [0.5, 0.6) is 5.88 Å². The van der Waals surface area contributed by atoms with Crippen LogP contribution in [-0.4, -0.2) is 36.2 Å². The van der Waals surface area contributed by atoms with E-state index in [-0.39, 0.29) is 0 Å². The average Bonchev–Trinajstić information content (AvgIpc) is 2.39. The minimum absolute atomic E-state index is 0.586. The number of nitrogens with one attached hydrogen (secondary N) is 2. The molecule has 5 nitrogen and oxygen atoms in total. The summed E-state index contributed by atoms with van der Waals surface area (Å²) in [5.74, 6) is 2.12. The molecule has 2 rings (SSSR count). The van der Waals surface area contributed by atoms with Gasteiger partial charge in [0.2, 0.25) is 5.88 Å². The van der Waals surface area contributed by atoms with Gasteiger partial charge >= 0.3 is 0 Å². The molecule has 0 atom stereocenters. The SMILES string of the molecule is CCOc1cncc(NCC2CCNCC2)n1. The predicted octanol–water partition coefficient (Wildman–Crippen LogP) is 1.29. The van der Waals surface area contributed by atoms with Gasteiger partial charge in [0.15, 0.2) is 0 Å². The van der Waals surface area contributed by atoms with Gasteiger partial charge in [-0.1, -0.05) is 0 Å². The molecule has 94 valence electrons. The monoisotopic (exact) mass is 236 g/mol. The van der Waals surface area contributed by atoms with Crippen LogP contribution in [-0.2, 0) is 0 Å². The zero-order valence-electron chi connectivity index (χ0n) is 10.3. The van der Waals surface area contributed by atoms with Crippen molar-refractivity contribution in [2.45, 2.75) is 19.8 Å². The molecule has 2 heterocycles. The van der Waals surface area contributed by atoms with Crippen LogP contribution in [0, 0.1) is 5.92 Å². The molecule has 1 aliphatic heterocycles. The van der Waals surface area contributed by atoms with Crippen LogP contribution in [0.3, 0.4) is 0 Å². The zero-order chi connectivity index (χ0) is 11.9. The highest BCUT2D eigenvalue weighted by Gasteiger charge is 2.12. The molecular weight excluding hydrogens is 216 g/mol. The fraction of sp³-hybridized carbons (Fsp3) is 0.667. The van der Waals surface area contributed by atoms with Gasteiger partial charge in [0.05, 0.1) is 19.0 Å². The van der Waals surface area contributed by atoms with Gasteiger partial charge in [0.25, 0.3) is 0 Å². The van der Waals surface area contributed by atoms with Crippen molar-refractivity contribution in [2.24, 2.45) is 5.92 Å². The van der Waals surface area contributed by atoms with Gasteiger partial charge in [0, 0.05) is 6.54 Å². The van der Waals surface area contributed by atoms with E-state index in [4.69, 9.17) is 4.74 Å². The van der Waals surface area contributed by atoms with E-state index in [0.29, 0.717) is 12.5 Å². The largest absolute Gasteiger partial charge is 0.477 e. The van der Waals surface area contributed by atoms with E-state index in [1.165, 1.54) is 12.8 Å². The maximum absolute atomic E-state index is 5.31. The Morgan fingerprint density at radius 3 is 3.00 bits per heavy atom. The summed E-state index contributed by atoms with van der Waals surface area (Å²) in [7, 11) is 0. The molecule has 1 aliphatic rings. The second-order valence-corrected chi connectivity index (χ2v) is 4.25. The number of aromatic nitrogens is 2. The molecule has 0 amide bonds. The fourth-order valence-corrected chi connectivity index (χ4v) is 1.99. The van der Waals surface area contributed by atoms with Gasteiger partial charge < -0.3 is 15.4 Å². The number of hydrogen-bond acceptors (Lipinski definition) is 5. The average molecular weight is 236 g/mol. The van der Waals surface area contributed by atoms with Crippen LogP contribution >= 0.6 is 0 Å². The van der Waals surface area contributed by atoms with Crippen molar-refractivity contribution in [3.8, 4) is 5.88 Å². The van der Waals surface area contributed by atoms with E-state index in [1.807, 2.05) is 6.92 Å². The van der Waals surface area contributed by atoms with Gasteiger partial charge in [-0.2, -0.15) is 4.98 Å². The minimum Gasteiger partial charge on any atom is -0.477 e. The normalized spacial score (nSPS) is 16.8. The highest BCUT2D eigenvalue weighted by molar-refractivity contribution is 5.33. The number of nitrogens with zero attached hydrogens (tertiary/aromatic N) is 2. The van der Waals surface area contributed by atoms with Crippen molar-refractivity contribution >= 4 is 5.82 Å². The van der Waals surface area contributed by atoms with E-state index in [1.54, 1.807) is 12.4 Å². The number of ether oxygens (including phenoxy) is 1. The van der Waals surface area contributed by atoms with Crippen molar-refractivity contribution in [3.63, 3.8) is 0 Å². The molecule has 17 heavy (non-hydrogen) atoms. The second kappa shape index (κ2) is 6.39. The number of hydrogen-bond donors (Lipinski definition) is 2. The van der Waals surface area contributed by atoms with Crippen LogP contribution < -0.4 is 15.4 Å². The number of piperidine rings is 1. The molecule has 5 heteroatoms. The van der Waals surface area contributed by atoms with Crippen molar-refractivity contribution in [1.82, 2.24) is 15.3 Å². The van der Waals surface area contributed by atoms with Crippen LogP contribution in [0.25, 0.3) is 0 Å². The van der Waals surface area contributed by atoms with Crippen molar-refractivity contribution in [2.75, 3.05) is 31.6 Å². The summed E-state index contributed by atoms with van der Waals surface area (Å²) in [6.45, 7) is 5.77. The molecule has 0 aliphatic carbocycles. The molecule has 2 N–H and O–H groups in total. The summed E-state index contributed by atoms with van der Waals surface area (Å²) in [5, 5.41) is 6.69. The Morgan fingerprint density at radius 1 is 1.41 bits per heavy atom. The van der Waals surface area contributed by atoms with E-state index < -0.39 is 0 Å². The first-order valence-corrected chi connectivity index (χ1v) is 6.28. The third-order valence-electron chi connectivity index (χ3n) is 2.94. The van der Waals surface area contributed by atoms with Gasteiger partial charge in [-0.15, -0.1) is 0 Å². The van der Waals surface area contributed by atoms with E-state index >= 15 is 0 Å². The Balaban J connectivity index is 1.83. The maximum atomic E-state index is 5.31. The highest BCUT2D eigenvalue weighted by Crippen LogP contribution is 2.14. The predicted molar refractivity (Wildman–Crippen MR) is 67.3 cm³/mol. The molecule has 0 radical (unpaired) electrons. The van der Waals surface area contributed by atoms with Gasteiger partial charge in [-0.3, -0.25) is 4.98 Å². The molecule has 0 bridgehead atoms. The second-order valence-electron chi connectivity index (χ2n) is 4.25. The Bertz CT molecular complexity index is 339. The summed E-state index contributed by atoms with van der Waals surface area (Å²) in [6, 6.07) is 0. The summed E-state index contributed by atoms with van der Waals surface area (Å²) in [4.78, 5) is 8.44. The molecule has 1 saturated heterocycles. The quantitative estimate of drug-likeness (QED) is 0.806. The zero-order valence-corrected chi connectivity index (χ0v) is 10.3. The Hall–Kier alpha value is -1.36. The smallest absolute Gasteiger partial charge is 0.234 e. The minimum atomic E-state index is 0.586. The van der Waals surface area contributed by atoms with Crippen molar-refractivity contribution in [1.29, 1.82) is 0 Å². The summed E-state index contributed by atoms with van der Waals surface area (Å²) in [5.41, 5.74) is 0. The lowest BCUT2D eigenvalue weighted by molar-refractivity contribution is 0.325. The summed E-state index contributed by atoms with van der Waals surface area (Å²) >= 11 is 0.